The lowest BCUT2D eigenvalue weighted by molar-refractivity contribution is 0.0497. The first-order chi connectivity index (χ1) is 11.6. The Bertz CT molecular complexity index is 777. The van der Waals surface area contributed by atoms with Crippen LogP contribution in [0, 0.1) is 0 Å². The Hall–Kier alpha value is -2.27. The Morgan fingerprint density at radius 1 is 1.25 bits per heavy atom. The summed E-state index contributed by atoms with van der Waals surface area (Å²) in [6.07, 6.45) is 0.831. The summed E-state index contributed by atoms with van der Waals surface area (Å²) in [5, 5.41) is 4.15. The van der Waals surface area contributed by atoms with E-state index in [2.05, 4.69) is 23.2 Å². The molecular weight excluding hydrogens is 320 g/mol. The molecule has 0 aliphatic carbocycles. The highest BCUT2D eigenvalue weighted by Gasteiger charge is 2.48. The molecule has 0 spiro atoms. The highest BCUT2D eigenvalue weighted by molar-refractivity contribution is 7.80. The second kappa shape index (κ2) is 5.67. The van der Waals surface area contributed by atoms with Crippen molar-refractivity contribution in [2.75, 3.05) is 11.5 Å². The van der Waals surface area contributed by atoms with Gasteiger partial charge >= 0.3 is 0 Å². The summed E-state index contributed by atoms with van der Waals surface area (Å²) in [7, 11) is 0. The van der Waals surface area contributed by atoms with Crippen LogP contribution in [-0.2, 0) is 0 Å². The van der Waals surface area contributed by atoms with E-state index in [0.29, 0.717) is 11.7 Å². The van der Waals surface area contributed by atoms with Gasteiger partial charge < -0.3 is 14.8 Å². The molecule has 4 rings (SSSR count). The molecule has 1 N–H and O–H groups in total. The Balaban J connectivity index is 1.71. The van der Waals surface area contributed by atoms with E-state index in [1.54, 1.807) is 0 Å². The molecule has 2 aromatic carbocycles. The summed E-state index contributed by atoms with van der Waals surface area (Å²) in [4.78, 5) is 2.06. The van der Waals surface area contributed by atoms with Crippen LogP contribution in [0.5, 0.6) is 11.5 Å². The molecule has 4 nitrogen and oxygen atoms in total. The Morgan fingerprint density at radius 2 is 2.00 bits per heavy atom. The molecule has 0 radical (unpaired) electrons. The Morgan fingerprint density at radius 3 is 2.75 bits per heavy atom. The summed E-state index contributed by atoms with van der Waals surface area (Å²) in [5.41, 5.74) is 1.66. The number of para-hydroxylation sites is 1. The first-order valence-corrected chi connectivity index (χ1v) is 8.63. The van der Waals surface area contributed by atoms with Gasteiger partial charge in [0, 0.05) is 17.7 Å². The fraction of sp³-hybridized carbons (Fsp3) is 0.316. The average Bonchev–Trinajstić information content (AvgIpc) is 2.56. The number of ether oxygens (including phenoxy) is 2. The number of rotatable bonds is 3. The van der Waals surface area contributed by atoms with E-state index in [4.69, 9.17) is 21.7 Å². The van der Waals surface area contributed by atoms with Crippen molar-refractivity contribution in [3.63, 3.8) is 0 Å². The zero-order valence-corrected chi connectivity index (χ0v) is 14.6. The maximum Gasteiger partial charge on any atom is 0.188 e. The van der Waals surface area contributed by atoms with Gasteiger partial charge in [0.15, 0.2) is 10.8 Å². The van der Waals surface area contributed by atoms with E-state index in [1.165, 1.54) is 5.56 Å². The maximum absolute atomic E-state index is 6.37. The van der Waals surface area contributed by atoms with Gasteiger partial charge in [0.05, 0.1) is 12.6 Å². The number of hydrogen-bond donors (Lipinski definition) is 1. The van der Waals surface area contributed by atoms with E-state index in [0.717, 1.165) is 23.6 Å². The van der Waals surface area contributed by atoms with Crippen LogP contribution in [0.25, 0.3) is 0 Å². The molecule has 2 aromatic rings. The lowest BCUT2D eigenvalue weighted by Crippen LogP contribution is -2.65. The van der Waals surface area contributed by atoms with Gasteiger partial charge in [-0.3, -0.25) is 4.90 Å². The number of nitrogens with one attached hydrogen (secondary N) is 1. The summed E-state index contributed by atoms with van der Waals surface area (Å²) >= 11 is 5.65. The van der Waals surface area contributed by atoms with Gasteiger partial charge in [-0.25, -0.2) is 0 Å². The minimum Gasteiger partial charge on any atom is -0.494 e. The quantitative estimate of drug-likeness (QED) is 0.854. The monoisotopic (exact) mass is 340 g/mol. The van der Waals surface area contributed by atoms with Gasteiger partial charge in [0.1, 0.15) is 11.5 Å². The second-order valence-electron chi connectivity index (χ2n) is 6.28. The lowest BCUT2D eigenvalue weighted by atomic mass is 9.90. The molecule has 2 unspecified atom stereocenters. The van der Waals surface area contributed by atoms with Crippen LogP contribution in [0.15, 0.2) is 48.5 Å². The van der Waals surface area contributed by atoms with Crippen molar-refractivity contribution >= 4 is 23.0 Å². The van der Waals surface area contributed by atoms with Crippen molar-refractivity contribution in [3.05, 3.63) is 54.1 Å². The Kier molecular flexibility index (Phi) is 3.61. The molecule has 2 heterocycles. The summed E-state index contributed by atoms with van der Waals surface area (Å²) in [6.45, 7) is 4.73. The SMILES string of the molecule is CCOc1ccc(N2C(=S)NC3CC2(C)Oc2ccccc23)cc1. The van der Waals surface area contributed by atoms with Crippen LogP contribution in [0.1, 0.15) is 31.9 Å². The molecule has 124 valence electrons. The summed E-state index contributed by atoms with van der Waals surface area (Å²) in [6, 6.07) is 16.3. The smallest absolute Gasteiger partial charge is 0.188 e. The fourth-order valence-electron chi connectivity index (χ4n) is 3.57. The first-order valence-electron chi connectivity index (χ1n) is 8.22. The molecule has 2 atom stereocenters. The molecule has 1 fully saturated rings. The second-order valence-corrected chi connectivity index (χ2v) is 6.67. The normalized spacial score (nSPS) is 24.7. The van der Waals surface area contributed by atoms with Crippen LogP contribution in [0.3, 0.4) is 0 Å². The van der Waals surface area contributed by atoms with Crippen LogP contribution < -0.4 is 19.7 Å². The number of hydrogen-bond acceptors (Lipinski definition) is 3. The van der Waals surface area contributed by atoms with Crippen molar-refractivity contribution in [1.82, 2.24) is 5.32 Å². The van der Waals surface area contributed by atoms with Crippen LogP contribution in [0.2, 0.25) is 0 Å². The largest absolute Gasteiger partial charge is 0.494 e. The lowest BCUT2D eigenvalue weighted by Gasteiger charge is -2.52. The first kappa shape index (κ1) is 15.3. The van der Waals surface area contributed by atoms with Gasteiger partial charge in [0.2, 0.25) is 0 Å². The van der Waals surface area contributed by atoms with Gasteiger partial charge in [0.25, 0.3) is 0 Å². The molecule has 1 saturated heterocycles. The number of anilines is 1. The van der Waals surface area contributed by atoms with E-state index in [1.807, 2.05) is 49.4 Å². The highest BCUT2D eigenvalue weighted by Crippen LogP contribution is 2.45. The summed E-state index contributed by atoms with van der Waals surface area (Å²) < 4.78 is 11.9. The molecule has 24 heavy (non-hydrogen) atoms. The average molecular weight is 340 g/mol. The third-order valence-corrected chi connectivity index (χ3v) is 4.89. The number of thiocarbonyl (C=S) groups is 1. The number of fused-ring (bicyclic) bond motifs is 4. The van der Waals surface area contributed by atoms with E-state index in [9.17, 15) is 0 Å². The minimum atomic E-state index is -0.505. The topological polar surface area (TPSA) is 33.7 Å². The van der Waals surface area contributed by atoms with E-state index >= 15 is 0 Å². The van der Waals surface area contributed by atoms with Crippen molar-refractivity contribution in [2.24, 2.45) is 0 Å². The van der Waals surface area contributed by atoms with Gasteiger partial charge in [-0.2, -0.15) is 0 Å². The maximum atomic E-state index is 6.37. The zero-order valence-electron chi connectivity index (χ0n) is 13.8. The minimum absolute atomic E-state index is 0.186. The Labute approximate surface area is 147 Å². The van der Waals surface area contributed by atoms with Crippen molar-refractivity contribution in [1.29, 1.82) is 0 Å². The molecule has 2 aliphatic rings. The summed E-state index contributed by atoms with van der Waals surface area (Å²) in [5.74, 6) is 1.78. The molecule has 5 heteroatoms. The highest BCUT2D eigenvalue weighted by atomic mass is 32.1. The van der Waals surface area contributed by atoms with Gasteiger partial charge in [-0.1, -0.05) is 18.2 Å². The van der Waals surface area contributed by atoms with Crippen LogP contribution >= 0.6 is 12.2 Å². The third kappa shape index (κ3) is 2.40. The van der Waals surface area contributed by atoms with Gasteiger partial charge in [-0.05, 0) is 56.4 Å². The van der Waals surface area contributed by atoms with Crippen molar-refractivity contribution < 1.29 is 9.47 Å². The van der Waals surface area contributed by atoms with E-state index in [-0.39, 0.29) is 6.04 Å². The molecule has 0 amide bonds. The number of nitrogens with zero attached hydrogens (tertiary/aromatic N) is 1. The van der Waals surface area contributed by atoms with Crippen LogP contribution in [-0.4, -0.2) is 17.4 Å². The van der Waals surface area contributed by atoms with Gasteiger partial charge in [-0.15, -0.1) is 0 Å². The molecule has 2 aliphatic heterocycles. The van der Waals surface area contributed by atoms with Crippen LogP contribution in [0.4, 0.5) is 5.69 Å². The molecule has 2 bridgehead atoms. The standard InChI is InChI=1S/C19H20N2O2S/c1-3-22-14-10-8-13(9-11-14)21-18(24)20-16-12-19(21,2)23-17-7-5-4-6-15(16)17/h4-11,16H,3,12H2,1-2H3,(H,20,24). The third-order valence-electron chi connectivity index (χ3n) is 4.59. The fourth-order valence-corrected chi connectivity index (χ4v) is 4.01. The molecule has 0 saturated carbocycles. The predicted octanol–water partition coefficient (Wildman–Crippen LogP) is 4.02. The zero-order chi connectivity index (χ0) is 16.7. The van der Waals surface area contributed by atoms with Crippen molar-refractivity contribution in [3.8, 4) is 11.5 Å². The van der Waals surface area contributed by atoms with Crippen molar-refractivity contribution in [2.45, 2.75) is 32.0 Å². The molecular formula is C19H20N2O2S. The van der Waals surface area contributed by atoms with E-state index < -0.39 is 5.72 Å². The predicted molar refractivity (Wildman–Crippen MR) is 98.7 cm³/mol. The molecule has 0 aromatic heterocycles. The number of benzene rings is 2.